The van der Waals surface area contributed by atoms with E-state index in [1.54, 1.807) is 7.11 Å². The van der Waals surface area contributed by atoms with Crippen LogP contribution >= 0.6 is 0 Å². The predicted molar refractivity (Wildman–Crippen MR) is 88.5 cm³/mol. The Balaban J connectivity index is 2.10. The van der Waals surface area contributed by atoms with Crippen molar-refractivity contribution in [3.8, 4) is 5.75 Å². The van der Waals surface area contributed by atoms with Gasteiger partial charge in [-0.2, -0.15) is 0 Å². The summed E-state index contributed by atoms with van der Waals surface area (Å²) in [6.45, 7) is 2.71. The number of ether oxygens (including phenoxy) is 1. The van der Waals surface area contributed by atoms with Crippen LogP contribution in [0.2, 0.25) is 0 Å². The third-order valence-electron chi connectivity index (χ3n) is 3.95. The molecular weight excluding hydrogens is 274 g/mol. The summed E-state index contributed by atoms with van der Waals surface area (Å²) in [5.74, 6) is 0.898. The van der Waals surface area contributed by atoms with E-state index in [-0.39, 0.29) is 0 Å². The number of para-hydroxylation sites is 1. The molecule has 0 saturated carbocycles. The third kappa shape index (κ3) is 2.57. The Morgan fingerprint density at radius 1 is 1.14 bits per heavy atom. The molecule has 0 amide bonds. The van der Waals surface area contributed by atoms with E-state index in [4.69, 9.17) is 15.5 Å². The first kappa shape index (κ1) is 14.6. The van der Waals surface area contributed by atoms with Crippen molar-refractivity contribution in [3.05, 3.63) is 65.1 Å². The highest BCUT2D eigenvalue weighted by atomic mass is 16.5. The molecule has 0 spiro atoms. The molecule has 3 aromatic rings. The van der Waals surface area contributed by atoms with Crippen LogP contribution < -0.4 is 10.5 Å². The second-order valence-corrected chi connectivity index (χ2v) is 5.39. The normalized spacial score (nSPS) is 11.0. The van der Waals surface area contributed by atoms with Crippen LogP contribution in [0.1, 0.15) is 22.6 Å². The summed E-state index contributed by atoms with van der Waals surface area (Å²) < 4.78 is 7.66. The molecule has 0 aliphatic carbocycles. The van der Waals surface area contributed by atoms with E-state index in [0.717, 1.165) is 35.5 Å². The first-order valence-electron chi connectivity index (χ1n) is 7.52. The smallest absolute Gasteiger partial charge is 0.137 e. The van der Waals surface area contributed by atoms with Gasteiger partial charge in [-0.1, -0.05) is 24.3 Å². The molecule has 0 bridgehead atoms. The highest BCUT2D eigenvalue weighted by Gasteiger charge is 2.14. The van der Waals surface area contributed by atoms with Gasteiger partial charge in [0, 0.05) is 29.8 Å². The molecule has 0 aliphatic rings. The lowest BCUT2D eigenvalue weighted by Crippen LogP contribution is -2.09. The number of hydrogen-bond donors (Lipinski definition) is 1. The van der Waals surface area contributed by atoms with Crippen LogP contribution in [0.4, 0.5) is 0 Å². The lowest BCUT2D eigenvalue weighted by molar-refractivity contribution is 0.410. The molecule has 1 aromatic carbocycles. The molecule has 114 valence electrons. The Kier molecular flexibility index (Phi) is 4.11. The van der Waals surface area contributed by atoms with Crippen LogP contribution in [-0.4, -0.2) is 23.0 Å². The van der Waals surface area contributed by atoms with E-state index in [1.807, 2.05) is 30.3 Å². The topological polar surface area (TPSA) is 52.5 Å². The number of aromatic nitrogens is 2. The SMILES string of the molecule is COc1ccccc1Cc1nc2cccc(C)n2c1CCN. The second-order valence-electron chi connectivity index (χ2n) is 5.39. The summed E-state index contributed by atoms with van der Waals surface area (Å²) in [4.78, 5) is 4.81. The number of imidazole rings is 1. The van der Waals surface area contributed by atoms with Crippen molar-refractivity contribution in [2.45, 2.75) is 19.8 Å². The van der Waals surface area contributed by atoms with Crippen LogP contribution in [0.15, 0.2) is 42.5 Å². The van der Waals surface area contributed by atoms with Gasteiger partial charge in [0.2, 0.25) is 0 Å². The van der Waals surface area contributed by atoms with Gasteiger partial charge in [-0.25, -0.2) is 4.98 Å². The number of nitrogens with two attached hydrogens (primary N) is 1. The number of rotatable bonds is 5. The summed E-state index contributed by atoms with van der Waals surface area (Å²) in [5, 5.41) is 0. The minimum absolute atomic E-state index is 0.612. The molecule has 0 radical (unpaired) electrons. The van der Waals surface area contributed by atoms with Crippen LogP contribution in [0.3, 0.4) is 0 Å². The van der Waals surface area contributed by atoms with E-state index in [9.17, 15) is 0 Å². The first-order valence-corrected chi connectivity index (χ1v) is 7.52. The van der Waals surface area contributed by atoms with Crippen molar-refractivity contribution in [1.82, 2.24) is 9.38 Å². The van der Waals surface area contributed by atoms with E-state index >= 15 is 0 Å². The monoisotopic (exact) mass is 295 g/mol. The van der Waals surface area contributed by atoms with Crippen molar-refractivity contribution in [1.29, 1.82) is 0 Å². The summed E-state index contributed by atoms with van der Waals surface area (Å²) >= 11 is 0. The Labute approximate surface area is 130 Å². The third-order valence-corrected chi connectivity index (χ3v) is 3.95. The van der Waals surface area contributed by atoms with Gasteiger partial charge in [0.25, 0.3) is 0 Å². The minimum Gasteiger partial charge on any atom is -0.496 e. The number of hydrogen-bond acceptors (Lipinski definition) is 3. The van der Waals surface area contributed by atoms with Crippen LogP contribution in [-0.2, 0) is 12.8 Å². The molecule has 0 saturated heterocycles. The fourth-order valence-electron chi connectivity index (χ4n) is 2.94. The lowest BCUT2D eigenvalue weighted by Gasteiger charge is -2.09. The first-order chi connectivity index (χ1) is 10.7. The van der Waals surface area contributed by atoms with Crippen molar-refractivity contribution < 1.29 is 4.74 Å². The summed E-state index contributed by atoms with van der Waals surface area (Å²) in [5.41, 5.74) is 11.4. The molecule has 0 atom stereocenters. The summed E-state index contributed by atoms with van der Waals surface area (Å²) in [6.07, 6.45) is 1.57. The van der Waals surface area contributed by atoms with E-state index in [1.165, 1.54) is 11.4 Å². The summed E-state index contributed by atoms with van der Waals surface area (Å²) in [7, 11) is 1.70. The minimum atomic E-state index is 0.612. The van der Waals surface area contributed by atoms with Gasteiger partial charge in [-0.05, 0) is 31.7 Å². The zero-order valence-corrected chi connectivity index (χ0v) is 13.0. The number of pyridine rings is 1. The van der Waals surface area contributed by atoms with Crippen molar-refractivity contribution >= 4 is 5.65 Å². The summed E-state index contributed by atoms with van der Waals surface area (Å²) in [6, 6.07) is 14.3. The number of nitrogens with zero attached hydrogens (tertiary/aromatic N) is 2. The van der Waals surface area contributed by atoms with Gasteiger partial charge >= 0.3 is 0 Å². The van der Waals surface area contributed by atoms with E-state index in [0.29, 0.717) is 6.54 Å². The maximum absolute atomic E-state index is 5.81. The van der Waals surface area contributed by atoms with Gasteiger partial charge in [-0.15, -0.1) is 0 Å². The Morgan fingerprint density at radius 2 is 1.95 bits per heavy atom. The second kappa shape index (κ2) is 6.20. The van der Waals surface area contributed by atoms with Gasteiger partial charge < -0.3 is 14.9 Å². The maximum Gasteiger partial charge on any atom is 0.137 e. The van der Waals surface area contributed by atoms with E-state index < -0.39 is 0 Å². The highest BCUT2D eigenvalue weighted by molar-refractivity contribution is 5.47. The predicted octanol–water partition coefficient (Wildman–Crippen LogP) is 2.74. The molecule has 2 aromatic heterocycles. The highest BCUT2D eigenvalue weighted by Crippen LogP contribution is 2.24. The average Bonchev–Trinajstić information content (AvgIpc) is 2.87. The number of benzene rings is 1. The molecule has 2 N–H and O–H groups in total. The number of aryl methyl sites for hydroxylation is 1. The van der Waals surface area contributed by atoms with Gasteiger partial charge in [-0.3, -0.25) is 0 Å². The lowest BCUT2D eigenvalue weighted by atomic mass is 10.1. The number of methoxy groups -OCH3 is 1. The van der Waals surface area contributed by atoms with Gasteiger partial charge in [0.05, 0.1) is 12.8 Å². The van der Waals surface area contributed by atoms with Gasteiger partial charge in [0.1, 0.15) is 11.4 Å². The fourth-order valence-corrected chi connectivity index (χ4v) is 2.94. The molecule has 4 nitrogen and oxygen atoms in total. The maximum atomic E-state index is 5.81. The molecule has 2 heterocycles. The average molecular weight is 295 g/mol. The molecular formula is C18H21N3O. The van der Waals surface area contributed by atoms with Crippen molar-refractivity contribution in [2.24, 2.45) is 5.73 Å². The Morgan fingerprint density at radius 3 is 2.73 bits per heavy atom. The van der Waals surface area contributed by atoms with Crippen molar-refractivity contribution in [3.63, 3.8) is 0 Å². The Bertz CT molecular complexity index is 792. The largest absolute Gasteiger partial charge is 0.496 e. The van der Waals surface area contributed by atoms with Crippen LogP contribution in [0.5, 0.6) is 5.75 Å². The van der Waals surface area contributed by atoms with Gasteiger partial charge in [0.15, 0.2) is 0 Å². The molecule has 22 heavy (non-hydrogen) atoms. The zero-order chi connectivity index (χ0) is 15.5. The Hall–Kier alpha value is -2.33. The van der Waals surface area contributed by atoms with Crippen LogP contribution in [0, 0.1) is 6.92 Å². The van der Waals surface area contributed by atoms with E-state index in [2.05, 4.69) is 23.5 Å². The molecule has 0 aliphatic heterocycles. The molecule has 3 rings (SSSR count). The standard InChI is InChI=1S/C18H21N3O/c1-13-6-5-9-18-20-15(16(10-11-19)21(13)18)12-14-7-3-4-8-17(14)22-2/h3-9H,10-12,19H2,1-2H3. The fraction of sp³-hybridized carbons (Fsp3) is 0.278. The van der Waals surface area contributed by atoms with Crippen LogP contribution in [0.25, 0.3) is 5.65 Å². The zero-order valence-electron chi connectivity index (χ0n) is 13.0. The number of fused-ring (bicyclic) bond motifs is 1. The molecule has 0 fully saturated rings. The quantitative estimate of drug-likeness (QED) is 0.787. The van der Waals surface area contributed by atoms with Crippen molar-refractivity contribution in [2.75, 3.05) is 13.7 Å². The molecule has 0 unspecified atom stereocenters. The molecule has 4 heteroatoms.